The molecule has 0 saturated heterocycles. The number of fused-ring (bicyclic) bond motifs is 1. The highest BCUT2D eigenvalue weighted by atomic mass is 35.5. The van der Waals surface area contributed by atoms with E-state index < -0.39 is 4.92 Å². The van der Waals surface area contributed by atoms with Crippen molar-refractivity contribution in [2.75, 3.05) is 6.54 Å². The molecule has 1 N–H and O–H groups in total. The normalized spacial score (nSPS) is 10.9. The van der Waals surface area contributed by atoms with Gasteiger partial charge in [0.1, 0.15) is 0 Å². The molecule has 0 spiro atoms. The van der Waals surface area contributed by atoms with Gasteiger partial charge in [-0.25, -0.2) is 0 Å². The average Bonchev–Trinajstić information content (AvgIpc) is 3.05. The van der Waals surface area contributed by atoms with Gasteiger partial charge in [-0.3, -0.25) is 14.9 Å². The largest absolute Gasteiger partial charge is 0.360 e. The van der Waals surface area contributed by atoms with E-state index in [2.05, 4.69) is 4.98 Å². The molecule has 0 atom stereocenters. The van der Waals surface area contributed by atoms with Gasteiger partial charge in [0.15, 0.2) is 0 Å². The van der Waals surface area contributed by atoms with Crippen LogP contribution in [0.3, 0.4) is 0 Å². The van der Waals surface area contributed by atoms with Crippen molar-refractivity contribution in [2.24, 2.45) is 0 Å². The molecule has 0 radical (unpaired) electrons. The lowest BCUT2D eigenvalue weighted by molar-refractivity contribution is -0.384. The smallest absolute Gasteiger partial charge is 0.270 e. The van der Waals surface area contributed by atoms with Crippen molar-refractivity contribution in [3.05, 3.63) is 73.9 Å². The Balaban J connectivity index is 1.93. The minimum atomic E-state index is -0.478. The Morgan fingerprint density at radius 1 is 1.19 bits per heavy atom. The van der Waals surface area contributed by atoms with E-state index in [4.69, 9.17) is 23.2 Å². The van der Waals surface area contributed by atoms with Crippen molar-refractivity contribution in [3.8, 4) is 0 Å². The summed E-state index contributed by atoms with van der Waals surface area (Å²) in [6.45, 7) is 2.70. The second-order valence-electron chi connectivity index (χ2n) is 5.76. The number of aromatic amines is 1. The molecular weight excluding hydrogens is 377 g/mol. The standard InChI is InChI=1S/C18H15Cl2N3O3/c1-2-22(10-11-3-5-15(19)16(20)7-11)18(24)14-9-21-17-6-4-12(23(25)26)8-13(14)17/h3-9,21H,2,10H2,1H3. The van der Waals surface area contributed by atoms with Crippen LogP contribution >= 0.6 is 23.2 Å². The highest BCUT2D eigenvalue weighted by molar-refractivity contribution is 6.42. The topological polar surface area (TPSA) is 79.2 Å². The summed E-state index contributed by atoms with van der Waals surface area (Å²) in [6, 6.07) is 9.63. The number of amides is 1. The summed E-state index contributed by atoms with van der Waals surface area (Å²) < 4.78 is 0. The van der Waals surface area contributed by atoms with Crippen molar-refractivity contribution < 1.29 is 9.72 Å². The first kappa shape index (κ1) is 18.2. The summed E-state index contributed by atoms with van der Waals surface area (Å²) in [5.74, 6) is -0.217. The molecule has 6 nitrogen and oxygen atoms in total. The zero-order chi connectivity index (χ0) is 18.8. The van der Waals surface area contributed by atoms with Crippen LogP contribution in [-0.4, -0.2) is 27.3 Å². The third kappa shape index (κ3) is 3.52. The number of halogens is 2. The summed E-state index contributed by atoms with van der Waals surface area (Å²) in [5.41, 5.74) is 1.86. The average molecular weight is 392 g/mol. The summed E-state index contributed by atoms with van der Waals surface area (Å²) in [4.78, 5) is 28.1. The molecule has 0 aliphatic rings. The minimum absolute atomic E-state index is 0.0568. The van der Waals surface area contributed by atoms with Crippen LogP contribution in [0.5, 0.6) is 0 Å². The molecule has 0 aliphatic carbocycles. The Kier molecular flexibility index (Phi) is 5.15. The fourth-order valence-electron chi connectivity index (χ4n) is 2.76. The summed E-state index contributed by atoms with van der Waals surface area (Å²) >= 11 is 12.0. The Hall–Kier alpha value is -2.57. The predicted molar refractivity (Wildman–Crippen MR) is 102 cm³/mol. The van der Waals surface area contributed by atoms with Gasteiger partial charge in [-0.15, -0.1) is 0 Å². The van der Waals surface area contributed by atoms with Crippen molar-refractivity contribution in [1.29, 1.82) is 0 Å². The Morgan fingerprint density at radius 3 is 2.62 bits per heavy atom. The van der Waals surface area contributed by atoms with Gasteiger partial charge in [-0.2, -0.15) is 0 Å². The molecule has 0 aliphatic heterocycles. The summed E-state index contributed by atoms with van der Waals surface area (Å²) in [6.07, 6.45) is 1.58. The number of carbonyl (C=O) groups excluding carboxylic acids is 1. The van der Waals surface area contributed by atoms with Gasteiger partial charge in [0.2, 0.25) is 0 Å². The number of nitro groups is 1. The number of aromatic nitrogens is 1. The third-order valence-electron chi connectivity index (χ3n) is 4.13. The maximum Gasteiger partial charge on any atom is 0.270 e. The second-order valence-corrected chi connectivity index (χ2v) is 6.57. The maximum atomic E-state index is 13.0. The number of nitrogens with zero attached hydrogens (tertiary/aromatic N) is 2. The van der Waals surface area contributed by atoms with Crippen LogP contribution in [0.4, 0.5) is 5.69 Å². The van der Waals surface area contributed by atoms with Gasteiger partial charge in [-0.05, 0) is 30.7 Å². The van der Waals surface area contributed by atoms with Gasteiger partial charge >= 0.3 is 0 Å². The lowest BCUT2D eigenvalue weighted by Gasteiger charge is -2.21. The van der Waals surface area contributed by atoms with E-state index in [0.717, 1.165) is 5.56 Å². The molecule has 0 fully saturated rings. The number of H-pyrrole nitrogens is 1. The first-order chi connectivity index (χ1) is 12.4. The van der Waals surface area contributed by atoms with Crippen LogP contribution in [-0.2, 0) is 6.54 Å². The third-order valence-corrected chi connectivity index (χ3v) is 4.87. The van der Waals surface area contributed by atoms with Gasteiger partial charge in [-0.1, -0.05) is 29.3 Å². The van der Waals surface area contributed by atoms with Crippen molar-refractivity contribution >= 4 is 45.7 Å². The molecule has 8 heteroatoms. The molecule has 0 saturated carbocycles. The van der Waals surface area contributed by atoms with Crippen LogP contribution in [0.2, 0.25) is 10.0 Å². The maximum absolute atomic E-state index is 13.0. The van der Waals surface area contributed by atoms with Gasteiger partial charge in [0.25, 0.3) is 11.6 Å². The van der Waals surface area contributed by atoms with Gasteiger partial charge < -0.3 is 9.88 Å². The van der Waals surface area contributed by atoms with E-state index in [9.17, 15) is 14.9 Å². The second kappa shape index (κ2) is 7.35. The van der Waals surface area contributed by atoms with E-state index in [-0.39, 0.29) is 11.6 Å². The van der Waals surface area contributed by atoms with E-state index in [1.165, 1.54) is 12.1 Å². The monoisotopic (exact) mass is 391 g/mol. The highest BCUT2D eigenvalue weighted by Gasteiger charge is 2.20. The van der Waals surface area contributed by atoms with Crippen molar-refractivity contribution in [2.45, 2.75) is 13.5 Å². The highest BCUT2D eigenvalue weighted by Crippen LogP contribution is 2.26. The first-order valence-electron chi connectivity index (χ1n) is 7.89. The summed E-state index contributed by atoms with van der Waals surface area (Å²) in [7, 11) is 0. The number of hydrogen-bond donors (Lipinski definition) is 1. The molecule has 3 aromatic rings. The number of nitro benzene ring substituents is 1. The molecule has 0 bridgehead atoms. The Morgan fingerprint density at radius 2 is 1.96 bits per heavy atom. The van der Waals surface area contributed by atoms with E-state index in [0.29, 0.717) is 39.6 Å². The Labute approximate surface area is 159 Å². The number of non-ortho nitro benzene ring substituents is 1. The number of nitrogens with one attached hydrogen (secondary N) is 1. The Bertz CT molecular complexity index is 1000. The van der Waals surface area contributed by atoms with Crippen LogP contribution in [0.15, 0.2) is 42.6 Å². The molecule has 134 valence electrons. The van der Waals surface area contributed by atoms with Crippen LogP contribution in [0.25, 0.3) is 10.9 Å². The molecule has 3 rings (SSSR count). The van der Waals surface area contributed by atoms with Crippen molar-refractivity contribution in [1.82, 2.24) is 9.88 Å². The van der Waals surface area contributed by atoms with Crippen molar-refractivity contribution in [3.63, 3.8) is 0 Å². The lowest BCUT2D eigenvalue weighted by atomic mass is 10.1. The molecule has 2 aromatic carbocycles. The number of rotatable bonds is 5. The van der Waals surface area contributed by atoms with Gasteiger partial charge in [0, 0.05) is 42.3 Å². The van der Waals surface area contributed by atoms with Crippen LogP contribution in [0.1, 0.15) is 22.8 Å². The van der Waals surface area contributed by atoms with E-state index in [1.54, 1.807) is 29.3 Å². The van der Waals surface area contributed by atoms with Crippen LogP contribution < -0.4 is 0 Å². The van der Waals surface area contributed by atoms with E-state index in [1.807, 2.05) is 13.0 Å². The lowest BCUT2D eigenvalue weighted by Crippen LogP contribution is -2.30. The minimum Gasteiger partial charge on any atom is -0.360 e. The zero-order valence-electron chi connectivity index (χ0n) is 13.8. The van der Waals surface area contributed by atoms with Gasteiger partial charge in [0.05, 0.1) is 20.5 Å². The fourth-order valence-corrected chi connectivity index (χ4v) is 3.08. The number of carbonyl (C=O) groups is 1. The van der Waals surface area contributed by atoms with E-state index >= 15 is 0 Å². The predicted octanol–water partition coefficient (Wildman–Crippen LogP) is 5.05. The zero-order valence-corrected chi connectivity index (χ0v) is 15.3. The molecular formula is C18H15Cl2N3O3. The quantitative estimate of drug-likeness (QED) is 0.488. The summed E-state index contributed by atoms with van der Waals surface area (Å²) in [5, 5.41) is 12.4. The molecule has 26 heavy (non-hydrogen) atoms. The first-order valence-corrected chi connectivity index (χ1v) is 8.65. The molecule has 1 aromatic heterocycles. The number of hydrogen-bond acceptors (Lipinski definition) is 3. The molecule has 1 heterocycles. The SMILES string of the molecule is CCN(Cc1ccc(Cl)c(Cl)c1)C(=O)c1c[nH]c2ccc([N+](=O)[O-])cc12. The van der Waals surface area contributed by atoms with Crippen LogP contribution in [0, 0.1) is 10.1 Å². The number of benzene rings is 2. The fraction of sp³-hybridized carbons (Fsp3) is 0.167. The molecule has 1 amide bonds. The molecule has 0 unspecified atom stereocenters.